The summed E-state index contributed by atoms with van der Waals surface area (Å²) < 4.78 is 5.40. The Labute approximate surface area is 125 Å². The molecular weight excluding hydrogens is 301 g/mol. The molecular formula is C13H11Cl2N3O2. The first-order valence-electron chi connectivity index (χ1n) is 5.82. The first-order valence-corrected chi connectivity index (χ1v) is 6.58. The maximum Gasteiger partial charge on any atom is 0.260 e. The first-order chi connectivity index (χ1) is 9.63. The van der Waals surface area contributed by atoms with E-state index in [1.807, 2.05) is 6.92 Å². The molecule has 1 heterocycles. The SMILES string of the molecule is CCOc1ccccc1C(=O)Nc1ncnc(Cl)c1Cl. The van der Waals surface area contributed by atoms with E-state index in [0.717, 1.165) is 0 Å². The Morgan fingerprint density at radius 2 is 2.05 bits per heavy atom. The number of carbonyl (C=O) groups excluding carboxylic acids is 1. The lowest BCUT2D eigenvalue weighted by atomic mass is 10.2. The van der Waals surface area contributed by atoms with E-state index in [2.05, 4.69) is 15.3 Å². The second kappa shape index (κ2) is 6.54. The summed E-state index contributed by atoms with van der Waals surface area (Å²) in [5.41, 5.74) is 0.389. The largest absolute Gasteiger partial charge is 0.493 e. The van der Waals surface area contributed by atoms with Gasteiger partial charge < -0.3 is 10.1 Å². The Morgan fingerprint density at radius 1 is 1.30 bits per heavy atom. The van der Waals surface area contributed by atoms with Crippen LogP contribution in [0.4, 0.5) is 5.82 Å². The van der Waals surface area contributed by atoms with E-state index in [4.69, 9.17) is 27.9 Å². The van der Waals surface area contributed by atoms with Gasteiger partial charge in [0.05, 0.1) is 12.2 Å². The average molecular weight is 312 g/mol. The third-order valence-corrected chi connectivity index (χ3v) is 3.15. The van der Waals surface area contributed by atoms with Crippen LogP contribution in [0.2, 0.25) is 10.2 Å². The molecule has 2 rings (SSSR count). The van der Waals surface area contributed by atoms with Crippen molar-refractivity contribution < 1.29 is 9.53 Å². The van der Waals surface area contributed by atoms with Gasteiger partial charge in [-0.1, -0.05) is 35.3 Å². The Kier molecular flexibility index (Phi) is 4.76. The number of rotatable bonds is 4. The van der Waals surface area contributed by atoms with Crippen molar-refractivity contribution >= 4 is 34.9 Å². The zero-order valence-electron chi connectivity index (χ0n) is 10.6. The van der Waals surface area contributed by atoms with Gasteiger partial charge in [-0.05, 0) is 19.1 Å². The molecule has 0 fully saturated rings. The molecule has 2 aromatic rings. The summed E-state index contributed by atoms with van der Waals surface area (Å²) >= 11 is 11.7. The van der Waals surface area contributed by atoms with Crippen molar-refractivity contribution in [3.8, 4) is 5.75 Å². The fourth-order valence-electron chi connectivity index (χ4n) is 1.55. The molecule has 104 valence electrons. The summed E-state index contributed by atoms with van der Waals surface area (Å²) in [6.07, 6.45) is 1.22. The predicted molar refractivity (Wildman–Crippen MR) is 77.6 cm³/mol. The second-order valence-corrected chi connectivity index (χ2v) is 4.45. The van der Waals surface area contributed by atoms with E-state index < -0.39 is 0 Å². The number of aromatic nitrogens is 2. The van der Waals surface area contributed by atoms with Crippen LogP contribution >= 0.6 is 23.2 Å². The highest BCUT2D eigenvalue weighted by molar-refractivity contribution is 6.43. The van der Waals surface area contributed by atoms with E-state index >= 15 is 0 Å². The van der Waals surface area contributed by atoms with Gasteiger partial charge in [0.15, 0.2) is 11.0 Å². The van der Waals surface area contributed by atoms with E-state index in [9.17, 15) is 4.79 Å². The highest BCUT2D eigenvalue weighted by Gasteiger charge is 2.15. The zero-order chi connectivity index (χ0) is 14.5. The molecule has 0 aliphatic rings. The number of nitrogens with one attached hydrogen (secondary N) is 1. The molecule has 0 atom stereocenters. The number of hydrogen-bond donors (Lipinski definition) is 1. The smallest absolute Gasteiger partial charge is 0.260 e. The van der Waals surface area contributed by atoms with Gasteiger partial charge in [0.1, 0.15) is 17.1 Å². The second-order valence-electron chi connectivity index (χ2n) is 3.71. The van der Waals surface area contributed by atoms with Crippen molar-refractivity contribution in [1.29, 1.82) is 0 Å². The van der Waals surface area contributed by atoms with Crippen molar-refractivity contribution in [1.82, 2.24) is 9.97 Å². The molecule has 1 aromatic heterocycles. The van der Waals surface area contributed by atoms with Crippen LogP contribution in [0, 0.1) is 0 Å². The number of anilines is 1. The molecule has 0 aliphatic heterocycles. The van der Waals surface area contributed by atoms with Crippen LogP contribution in [0.25, 0.3) is 0 Å². The van der Waals surface area contributed by atoms with E-state index in [-0.39, 0.29) is 21.9 Å². The number of ether oxygens (including phenoxy) is 1. The van der Waals surface area contributed by atoms with Crippen molar-refractivity contribution in [2.75, 3.05) is 11.9 Å². The molecule has 0 bridgehead atoms. The van der Waals surface area contributed by atoms with Crippen LogP contribution in [-0.4, -0.2) is 22.5 Å². The maximum atomic E-state index is 12.2. The quantitative estimate of drug-likeness (QED) is 0.879. The van der Waals surface area contributed by atoms with Gasteiger partial charge in [0.25, 0.3) is 5.91 Å². The van der Waals surface area contributed by atoms with E-state index in [1.165, 1.54) is 6.33 Å². The topological polar surface area (TPSA) is 64.1 Å². The lowest BCUT2D eigenvalue weighted by molar-refractivity contribution is 0.102. The highest BCUT2D eigenvalue weighted by Crippen LogP contribution is 2.26. The third kappa shape index (κ3) is 3.18. The lowest BCUT2D eigenvalue weighted by Gasteiger charge is -2.10. The summed E-state index contributed by atoms with van der Waals surface area (Å²) in [5.74, 6) is 0.262. The molecule has 0 radical (unpaired) electrons. The minimum atomic E-state index is -0.384. The van der Waals surface area contributed by atoms with Gasteiger partial charge in [-0.3, -0.25) is 4.79 Å². The fourth-order valence-corrected chi connectivity index (χ4v) is 1.82. The molecule has 0 saturated carbocycles. The number of nitrogens with zero attached hydrogens (tertiary/aromatic N) is 2. The van der Waals surface area contributed by atoms with Crippen LogP contribution in [0.5, 0.6) is 5.75 Å². The van der Waals surface area contributed by atoms with Crippen molar-refractivity contribution in [3.05, 3.63) is 46.3 Å². The summed E-state index contributed by atoms with van der Waals surface area (Å²) in [5, 5.41) is 2.75. The molecule has 0 spiro atoms. The van der Waals surface area contributed by atoms with Crippen molar-refractivity contribution in [3.63, 3.8) is 0 Å². The predicted octanol–water partition coefficient (Wildman–Crippen LogP) is 3.43. The van der Waals surface area contributed by atoms with Gasteiger partial charge in [0, 0.05) is 0 Å². The van der Waals surface area contributed by atoms with Crippen LogP contribution in [0.3, 0.4) is 0 Å². The minimum Gasteiger partial charge on any atom is -0.493 e. The Bertz CT molecular complexity index is 635. The molecule has 1 amide bonds. The molecule has 0 aliphatic carbocycles. The molecule has 7 heteroatoms. The Hall–Kier alpha value is -1.85. The van der Waals surface area contributed by atoms with Crippen LogP contribution in [-0.2, 0) is 0 Å². The lowest BCUT2D eigenvalue weighted by Crippen LogP contribution is -2.15. The van der Waals surface area contributed by atoms with Gasteiger partial charge in [-0.2, -0.15) is 0 Å². The van der Waals surface area contributed by atoms with E-state index in [0.29, 0.717) is 17.9 Å². The fraction of sp³-hybridized carbons (Fsp3) is 0.154. The van der Waals surface area contributed by atoms with Crippen LogP contribution < -0.4 is 10.1 Å². The molecule has 1 N–H and O–H groups in total. The highest BCUT2D eigenvalue weighted by atomic mass is 35.5. The molecule has 5 nitrogen and oxygen atoms in total. The van der Waals surface area contributed by atoms with Gasteiger partial charge >= 0.3 is 0 Å². The van der Waals surface area contributed by atoms with Gasteiger partial charge in [0.2, 0.25) is 0 Å². The normalized spacial score (nSPS) is 10.2. The molecule has 20 heavy (non-hydrogen) atoms. The third-order valence-electron chi connectivity index (χ3n) is 2.41. The summed E-state index contributed by atoms with van der Waals surface area (Å²) in [4.78, 5) is 19.8. The standard InChI is InChI=1S/C13H11Cl2N3O2/c1-2-20-9-6-4-3-5-8(9)13(19)18-12-10(14)11(15)16-7-17-12/h3-7H,2H2,1H3,(H,16,17,18,19). The monoisotopic (exact) mass is 311 g/mol. The average Bonchev–Trinajstić information content (AvgIpc) is 2.45. The van der Waals surface area contributed by atoms with Crippen molar-refractivity contribution in [2.24, 2.45) is 0 Å². The molecule has 1 aromatic carbocycles. The molecule has 0 saturated heterocycles. The van der Waals surface area contributed by atoms with Crippen molar-refractivity contribution in [2.45, 2.75) is 6.92 Å². The van der Waals surface area contributed by atoms with Gasteiger partial charge in [-0.25, -0.2) is 9.97 Å². The van der Waals surface area contributed by atoms with E-state index in [1.54, 1.807) is 24.3 Å². The first kappa shape index (κ1) is 14.6. The Morgan fingerprint density at radius 3 is 2.80 bits per heavy atom. The van der Waals surface area contributed by atoms with Gasteiger partial charge in [-0.15, -0.1) is 0 Å². The van der Waals surface area contributed by atoms with Crippen LogP contribution in [0.15, 0.2) is 30.6 Å². The number of para-hydroxylation sites is 1. The zero-order valence-corrected chi connectivity index (χ0v) is 12.1. The number of amides is 1. The number of carbonyl (C=O) groups is 1. The summed E-state index contributed by atoms with van der Waals surface area (Å²) in [6.45, 7) is 2.31. The molecule has 0 unspecified atom stereocenters. The van der Waals surface area contributed by atoms with Crippen LogP contribution in [0.1, 0.15) is 17.3 Å². The summed E-state index contributed by atoms with van der Waals surface area (Å²) in [7, 11) is 0. The summed E-state index contributed by atoms with van der Waals surface area (Å²) in [6, 6.07) is 6.90. The number of hydrogen-bond acceptors (Lipinski definition) is 4. The number of halogens is 2. The maximum absolute atomic E-state index is 12.2. The Balaban J connectivity index is 2.26. The minimum absolute atomic E-state index is 0.0788. The number of benzene rings is 1.